The molecule has 1 N–H and O–H groups in total. The second-order valence-electron chi connectivity index (χ2n) is 6.02. The summed E-state index contributed by atoms with van der Waals surface area (Å²) < 4.78 is 0. The van der Waals surface area contributed by atoms with Gasteiger partial charge in [0.15, 0.2) is 0 Å². The van der Waals surface area contributed by atoms with E-state index in [0.717, 1.165) is 24.0 Å². The van der Waals surface area contributed by atoms with E-state index >= 15 is 0 Å². The van der Waals surface area contributed by atoms with E-state index in [2.05, 4.69) is 42.3 Å². The molecule has 1 aromatic rings. The minimum atomic E-state index is 0.407. The first kappa shape index (κ1) is 16.8. The molecule has 0 spiro atoms. The Labute approximate surface area is 134 Å². The quantitative estimate of drug-likeness (QED) is 0.752. The lowest BCUT2D eigenvalue weighted by atomic mass is 10.0. The lowest BCUT2D eigenvalue weighted by Gasteiger charge is -2.29. The SMILES string of the molecule is CCNC(CCN(CC)C1CCCC1)c1cccc(Cl)c1. The van der Waals surface area contributed by atoms with Gasteiger partial charge in [0.1, 0.15) is 0 Å². The molecule has 3 heteroatoms. The monoisotopic (exact) mass is 308 g/mol. The highest BCUT2D eigenvalue weighted by molar-refractivity contribution is 6.30. The van der Waals surface area contributed by atoms with Crippen molar-refractivity contribution in [2.75, 3.05) is 19.6 Å². The van der Waals surface area contributed by atoms with Crippen LogP contribution in [0.25, 0.3) is 0 Å². The van der Waals surface area contributed by atoms with Crippen LogP contribution in [0, 0.1) is 0 Å². The molecule has 1 unspecified atom stereocenters. The highest BCUT2D eigenvalue weighted by atomic mass is 35.5. The van der Waals surface area contributed by atoms with Gasteiger partial charge in [-0.3, -0.25) is 0 Å². The third-order valence-corrected chi connectivity index (χ3v) is 4.89. The molecule has 1 saturated carbocycles. The number of benzene rings is 1. The first-order chi connectivity index (χ1) is 10.2. The number of nitrogens with zero attached hydrogens (tertiary/aromatic N) is 1. The molecule has 1 fully saturated rings. The van der Waals surface area contributed by atoms with Gasteiger partial charge in [-0.25, -0.2) is 0 Å². The van der Waals surface area contributed by atoms with Crippen LogP contribution in [0.5, 0.6) is 0 Å². The maximum atomic E-state index is 6.14. The van der Waals surface area contributed by atoms with Crippen LogP contribution >= 0.6 is 11.6 Å². The number of hydrogen-bond acceptors (Lipinski definition) is 2. The Bertz CT molecular complexity index is 415. The predicted molar refractivity (Wildman–Crippen MR) is 92.0 cm³/mol. The Balaban J connectivity index is 1.95. The van der Waals surface area contributed by atoms with Crippen molar-refractivity contribution >= 4 is 11.6 Å². The Kier molecular flexibility index (Phi) is 7.01. The van der Waals surface area contributed by atoms with Gasteiger partial charge in [0.2, 0.25) is 0 Å². The summed E-state index contributed by atoms with van der Waals surface area (Å²) in [6, 6.07) is 9.51. The summed E-state index contributed by atoms with van der Waals surface area (Å²) in [5.74, 6) is 0. The van der Waals surface area contributed by atoms with Gasteiger partial charge in [0.25, 0.3) is 0 Å². The highest BCUT2D eigenvalue weighted by Gasteiger charge is 2.22. The summed E-state index contributed by atoms with van der Waals surface area (Å²) in [6.07, 6.45) is 6.74. The van der Waals surface area contributed by atoms with E-state index in [1.807, 2.05) is 6.07 Å². The zero-order chi connectivity index (χ0) is 15.1. The van der Waals surface area contributed by atoms with E-state index in [1.54, 1.807) is 0 Å². The molecule has 21 heavy (non-hydrogen) atoms. The van der Waals surface area contributed by atoms with Crippen LogP contribution in [0.4, 0.5) is 0 Å². The number of rotatable bonds is 8. The van der Waals surface area contributed by atoms with Gasteiger partial charge in [-0.05, 0) is 50.0 Å². The molecule has 2 rings (SSSR count). The molecule has 0 aromatic heterocycles. The van der Waals surface area contributed by atoms with Crippen LogP contribution in [0.3, 0.4) is 0 Å². The van der Waals surface area contributed by atoms with Crippen molar-refractivity contribution in [1.29, 1.82) is 0 Å². The zero-order valence-electron chi connectivity index (χ0n) is 13.4. The molecule has 0 saturated heterocycles. The van der Waals surface area contributed by atoms with E-state index in [4.69, 9.17) is 11.6 Å². The van der Waals surface area contributed by atoms with Crippen molar-refractivity contribution in [3.63, 3.8) is 0 Å². The standard InChI is InChI=1S/C18H29ClN2/c1-3-20-18(15-8-7-9-16(19)14-15)12-13-21(4-2)17-10-5-6-11-17/h7-9,14,17-18,20H,3-6,10-13H2,1-2H3. The van der Waals surface area contributed by atoms with Crippen LogP contribution in [-0.4, -0.2) is 30.6 Å². The third kappa shape index (κ3) is 4.98. The summed E-state index contributed by atoms with van der Waals surface area (Å²) in [7, 11) is 0. The molecule has 0 bridgehead atoms. The summed E-state index contributed by atoms with van der Waals surface area (Å²) in [4.78, 5) is 2.67. The average Bonchev–Trinajstić information content (AvgIpc) is 3.01. The van der Waals surface area contributed by atoms with Gasteiger partial charge in [-0.1, -0.05) is 50.4 Å². The fraction of sp³-hybridized carbons (Fsp3) is 0.667. The van der Waals surface area contributed by atoms with Crippen molar-refractivity contribution in [3.8, 4) is 0 Å². The fourth-order valence-corrected chi connectivity index (χ4v) is 3.72. The first-order valence-electron chi connectivity index (χ1n) is 8.47. The van der Waals surface area contributed by atoms with Crippen LogP contribution in [-0.2, 0) is 0 Å². The Morgan fingerprint density at radius 2 is 2.05 bits per heavy atom. The van der Waals surface area contributed by atoms with Gasteiger partial charge in [0.05, 0.1) is 0 Å². The van der Waals surface area contributed by atoms with Crippen LogP contribution in [0.2, 0.25) is 5.02 Å². The third-order valence-electron chi connectivity index (χ3n) is 4.65. The molecule has 1 aliphatic carbocycles. The minimum Gasteiger partial charge on any atom is -0.310 e. The van der Waals surface area contributed by atoms with Crippen LogP contribution in [0.15, 0.2) is 24.3 Å². The fourth-order valence-electron chi connectivity index (χ4n) is 3.52. The van der Waals surface area contributed by atoms with Gasteiger partial charge in [-0.2, -0.15) is 0 Å². The van der Waals surface area contributed by atoms with E-state index in [9.17, 15) is 0 Å². The van der Waals surface area contributed by atoms with Crippen LogP contribution in [0.1, 0.15) is 57.6 Å². The highest BCUT2D eigenvalue weighted by Crippen LogP contribution is 2.25. The normalized spacial score (nSPS) is 17.5. The van der Waals surface area contributed by atoms with E-state index in [0.29, 0.717) is 6.04 Å². The lowest BCUT2D eigenvalue weighted by Crippen LogP contribution is -2.36. The Morgan fingerprint density at radius 3 is 2.67 bits per heavy atom. The molecule has 1 aliphatic rings. The lowest BCUT2D eigenvalue weighted by molar-refractivity contribution is 0.198. The van der Waals surface area contributed by atoms with Crippen molar-refractivity contribution in [1.82, 2.24) is 10.2 Å². The minimum absolute atomic E-state index is 0.407. The molecule has 0 amide bonds. The number of halogens is 1. The molecular formula is C18H29ClN2. The predicted octanol–water partition coefficient (Wildman–Crippen LogP) is 4.65. The smallest absolute Gasteiger partial charge is 0.0409 e. The van der Waals surface area contributed by atoms with Gasteiger partial charge >= 0.3 is 0 Å². The molecule has 0 heterocycles. The van der Waals surface area contributed by atoms with Crippen molar-refractivity contribution < 1.29 is 0 Å². The van der Waals surface area contributed by atoms with Gasteiger partial charge in [-0.15, -0.1) is 0 Å². The summed E-state index contributed by atoms with van der Waals surface area (Å²) in [5.41, 5.74) is 1.31. The molecule has 0 radical (unpaired) electrons. The molecule has 1 aromatic carbocycles. The number of hydrogen-bond donors (Lipinski definition) is 1. The van der Waals surface area contributed by atoms with Crippen molar-refractivity contribution in [2.24, 2.45) is 0 Å². The van der Waals surface area contributed by atoms with E-state index < -0.39 is 0 Å². The first-order valence-corrected chi connectivity index (χ1v) is 8.85. The maximum absolute atomic E-state index is 6.14. The zero-order valence-corrected chi connectivity index (χ0v) is 14.2. The summed E-state index contributed by atoms with van der Waals surface area (Å²) in [5, 5.41) is 4.44. The Morgan fingerprint density at radius 1 is 1.29 bits per heavy atom. The molecular weight excluding hydrogens is 280 g/mol. The summed E-state index contributed by atoms with van der Waals surface area (Å²) >= 11 is 6.14. The van der Waals surface area contributed by atoms with Crippen LogP contribution < -0.4 is 5.32 Å². The molecule has 2 nitrogen and oxygen atoms in total. The van der Waals surface area contributed by atoms with Gasteiger partial charge < -0.3 is 10.2 Å². The topological polar surface area (TPSA) is 15.3 Å². The summed E-state index contributed by atoms with van der Waals surface area (Å²) in [6.45, 7) is 7.79. The maximum Gasteiger partial charge on any atom is 0.0409 e. The Hall–Kier alpha value is -0.570. The second-order valence-corrected chi connectivity index (χ2v) is 6.46. The van der Waals surface area contributed by atoms with E-state index in [-0.39, 0.29) is 0 Å². The average molecular weight is 309 g/mol. The molecule has 0 aliphatic heterocycles. The van der Waals surface area contributed by atoms with Crippen molar-refractivity contribution in [3.05, 3.63) is 34.9 Å². The van der Waals surface area contributed by atoms with Crippen molar-refractivity contribution in [2.45, 2.75) is 58.0 Å². The second kappa shape index (κ2) is 8.77. The van der Waals surface area contributed by atoms with E-state index in [1.165, 1.54) is 44.3 Å². The van der Waals surface area contributed by atoms with Gasteiger partial charge in [0, 0.05) is 23.7 Å². The molecule has 1 atom stereocenters. The number of nitrogens with one attached hydrogen (secondary N) is 1. The largest absolute Gasteiger partial charge is 0.310 e. The molecule has 118 valence electrons.